The highest BCUT2D eigenvalue weighted by Gasteiger charge is 2.19. The number of carbonyl (C=O) groups excluding carboxylic acids is 3. The third-order valence-corrected chi connectivity index (χ3v) is 12.8. The van der Waals surface area contributed by atoms with Crippen LogP contribution in [0.3, 0.4) is 0 Å². The van der Waals surface area contributed by atoms with Gasteiger partial charge >= 0.3 is 17.9 Å². The van der Waals surface area contributed by atoms with Crippen molar-refractivity contribution in [3.05, 3.63) is 97.2 Å². The third-order valence-electron chi connectivity index (χ3n) is 12.8. The molecule has 0 N–H and O–H groups in total. The summed E-state index contributed by atoms with van der Waals surface area (Å²) < 4.78 is 16.8. The number of ether oxygens (including phenoxy) is 3. The second-order valence-corrected chi connectivity index (χ2v) is 19.9. The topological polar surface area (TPSA) is 78.9 Å². The lowest BCUT2D eigenvalue weighted by Crippen LogP contribution is -2.30. The molecule has 0 spiro atoms. The van der Waals surface area contributed by atoms with E-state index in [-0.39, 0.29) is 37.5 Å². The fourth-order valence-electron chi connectivity index (χ4n) is 8.32. The SMILES string of the molecule is CC/C=C\C/C=C\C/C=C\C/C=C\C/C=C\C/C=C\CCC(=O)OC[C@@H](COC(=O)CCCCCCCCC/C=C\C/C=C\CCCCC)OC(=O)CCCCCCCCCCCCCCCCCCCC. The first-order valence-electron chi connectivity index (χ1n) is 30.2. The van der Waals surface area contributed by atoms with Crippen molar-refractivity contribution in [1.82, 2.24) is 0 Å². The van der Waals surface area contributed by atoms with Crippen LogP contribution in [0.25, 0.3) is 0 Å². The molecule has 0 aromatic rings. The lowest BCUT2D eigenvalue weighted by Gasteiger charge is -2.18. The predicted molar refractivity (Wildman–Crippen MR) is 311 cm³/mol. The molecule has 0 heterocycles. The first kappa shape index (κ1) is 68.3. The van der Waals surface area contributed by atoms with Crippen molar-refractivity contribution < 1.29 is 28.6 Å². The monoisotopic (exact) mass is 1000 g/mol. The normalized spacial score (nSPS) is 12.8. The number of hydrogen-bond acceptors (Lipinski definition) is 6. The molecule has 0 aliphatic carbocycles. The minimum Gasteiger partial charge on any atom is -0.462 e. The Kier molecular flexibility index (Phi) is 56.8. The molecule has 0 fully saturated rings. The summed E-state index contributed by atoms with van der Waals surface area (Å²) in [6.45, 7) is 6.46. The molecule has 0 rings (SSSR count). The van der Waals surface area contributed by atoms with Crippen molar-refractivity contribution in [2.75, 3.05) is 13.2 Å². The molecule has 0 unspecified atom stereocenters. The van der Waals surface area contributed by atoms with Gasteiger partial charge in [-0.1, -0.05) is 272 Å². The molecule has 6 heteroatoms. The van der Waals surface area contributed by atoms with E-state index in [1.54, 1.807) is 0 Å². The number of carbonyl (C=O) groups is 3. The maximum Gasteiger partial charge on any atom is 0.306 e. The van der Waals surface area contributed by atoms with E-state index in [9.17, 15) is 14.4 Å². The number of esters is 3. The highest BCUT2D eigenvalue weighted by molar-refractivity contribution is 5.71. The van der Waals surface area contributed by atoms with Crippen LogP contribution in [0, 0.1) is 0 Å². The summed E-state index contributed by atoms with van der Waals surface area (Å²) in [7, 11) is 0. The van der Waals surface area contributed by atoms with E-state index < -0.39 is 6.10 Å². The molecule has 0 bridgehead atoms. The summed E-state index contributed by atoms with van der Waals surface area (Å²) in [4.78, 5) is 38.2. The van der Waals surface area contributed by atoms with E-state index in [4.69, 9.17) is 14.2 Å². The van der Waals surface area contributed by atoms with Crippen molar-refractivity contribution in [2.24, 2.45) is 0 Å². The lowest BCUT2D eigenvalue weighted by molar-refractivity contribution is -0.166. The minimum atomic E-state index is -0.811. The van der Waals surface area contributed by atoms with Gasteiger partial charge in [-0.25, -0.2) is 0 Å². The average molecular weight is 1000 g/mol. The second kappa shape index (κ2) is 59.9. The fraction of sp³-hybridized carbons (Fsp3) is 0.712. The molecule has 0 aliphatic rings. The quantitative estimate of drug-likeness (QED) is 0.0261. The van der Waals surface area contributed by atoms with E-state index in [0.29, 0.717) is 19.3 Å². The Hall–Kier alpha value is -3.67. The minimum absolute atomic E-state index is 0.103. The summed E-state index contributed by atoms with van der Waals surface area (Å²) in [5, 5.41) is 0. The molecule has 72 heavy (non-hydrogen) atoms. The smallest absolute Gasteiger partial charge is 0.306 e. The van der Waals surface area contributed by atoms with Crippen molar-refractivity contribution in [1.29, 1.82) is 0 Å². The first-order valence-corrected chi connectivity index (χ1v) is 30.2. The van der Waals surface area contributed by atoms with Crippen molar-refractivity contribution in [3.8, 4) is 0 Å². The van der Waals surface area contributed by atoms with Gasteiger partial charge in [-0.05, 0) is 89.9 Å². The van der Waals surface area contributed by atoms with E-state index in [0.717, 1.165) is 89.9 Å². The fourth-order valence-corrected chi connectivity index (χ4v) is 8.32. The van der Waals surface area contributed by atoms with Crippen LogP contribution in [0.2, 0.25) is 0 Å². The van der Waals surface area contributed by atoms with Gasteiger partial charge in [0, 0.05) is 19.3 Å². The van der Waals surface area contributed by atoms with Gasteiger partial charge in [-0.3, -0.25) is 14.4 Å². The highest BCUT2D eigenvalue weighted by Crippen LogP contribution is 2.16. The molecule has 0 aromatic heterocycles. The molecular weight excluding hydrogens is 889 g/mol. The Morgan fingerprint density at radius 1 is 0.292 bits per heavy atom. The van der Waals surface area contributed by atoms with Crippen LogP contribution in [0.15, 0.2) is 97.2 Å². The van der Waals surface area contributed by atoms with Gasteiger partial charge in [0.25, 0.3) is 0 Å². The van der Waals surface area contributed by atoms with E-state index >= 15 is 0 Å². The van der Waals surface area contributed by atoms with Crippen LogP contribution in [0.1, 0.15) is 284 Å². The summed E-state index contributed by atoms with van der Waals surface area (Å²) >= 11 is 0. The molecule has 0 aliphatic heterocycles. The molecule has 0 saturated heterocycles. The van der Waals surface area contributed by atoms with Crippen LogP contribution < -0.4 is 0 Å². The van der Waals surface area contributed by atoms with E-state index in [1.165, 1.54) is 148 Å². The van der Waals surface area contributed by atoms with Gasteiger partial charge in [0.1, 0.15) is 13.2 Å². The van der Waals surface area contributed by atoms with Crippen LogP contribution in [0.4, 0.5) is 0 Å². The van der Waals surface area contributed by atoms with Crippen molar-refractivity contribution in [3.63, 3.8) is 0 Å². The predicted octanol–water partition coefficient (Wildman–Crippen LogP) is 20.5. The molecule has 0 saturated carbocycles. The van der Waals surface area contributed by atoms with Crippen molar-refractivity contribution in [2.45, 2.75) is 290 Å². The Bertz CT molecular complexity index is 1430. The summed E-state index contributed by atoms with van der Waals surface area (Å²) in [6.07, 6.45) is 79.8. The number of rotatable bonds is 54. The van der Waals surface area contributed by atoms with Gasteiger partial charge < -0.3 is 14.2 Å². The van der Waals surface area contributed by atoms with Crippen LogP contribution >= 0.6 is 0 Å². The molecule has 0 aromatic carbocycles. The molecule has 412 valence electrons. The van der Waals surface area contributed by atoms with Crippen LogP contribution in [0.5, 0.6) is 0 Å². The van der Waals surface area contributed by atoms with Gasteiger partial charge in [0.15, 0.2) is 6.10 Å². The Morgan fingerprint density at radius 3 is 0.958 bits per heavy atom. The highest BCUT2D eigenvalue weighted by atomic mass is 16.6. The standard InChI is InChI=1S/C66H112O6/c1-4-7-10-13-16-19-22-25-28-31-33-36-38-41-44-47-50-53-56-59-65(68)71-62-63(61-70-64(67)58-55-52-49-46-43-40-37-34-30-27-24-21-18-15-12-9-6-3)72-66(69)60-57-54-51-48-45-42-39-35-32-29-26-23-20-17-14-11-8-5-2/h7,10,16,18-19,21,25,27-28,30,33,36,41,44,50,53,63H,4-6,8-9,11-15,17,20,22-24,26,29,31-32,34-35,37-40,42-43,45-49,51-52,54-62H2,1-3H3/b10-7-,19-16-,21-18-,28-25-,30-27-,36-33-,44-41-,53-50-/t63-/m1/s1. The molecule has 6 nitrogen and oxygen atoms in total. The van der Waals surface area contributed by atoms with Gasteiger partial charge in [0.05, 0.1) is 0 Å². The first-order chi connectivity index (χ1) is 35.5. The Balaban J connectivity index is 4.49. The largest absolute Gasteiger partial charge is 0.462 e. The Labute approximate surface area is 445 Å². The molecular formula is C66H112O6. The zero-order valence-electron chi connectivity index (χ0n) is 47.2. The van der Waals surface area contributed by atoms with Gasteiger partial charge in [0.2, 0.25) is 0 Å². The maximum atomic E-state index is 12.9. The maximum absolute atomic E-state index is 12.9. The third kappa shape index (κ3) is 57.2. The van der Waals surface area contributed by atoms with Gasteiger partial charge in [-0.2, -0.15) is 0 Å². The summed E-state index contributed by atoms with van der Waals surface area (Å²) in [5.74, 6) is -0.989. The molecule has 0 radical (unpaired) electrons. The van der Waals surface area contributed by atoms with E-state index in [2.05, 4.69) is 112 Å². The zero-order chi connectivity index (χ0) is 52.2. The zero-order valence-corrected chi connectivity index (χ0v) is 47.2. The average Bonchev–Trinajstić information content (AvgIpc) is 3.38. The van der Waals surface area contributed by atoms with Crippen LogP contribution in [-0.2, 0) is 28.6 Å². The summed E-state index contributed by atoms with van der Waals surface area (Å²) in [5.41, 5.74) is 0. The second-order valence-electron chi connectivity index (χ2n) is 19.9. The Morgan fingerprint density at radius 2 is 0.569 bits per heavy atom. The lowest BCUT2D eigenvalue weighted by atomic mass is 10.0. The van der Waals surface area contributed by atoms with Crippen molar-refractivity contribution >= 4 is 17.9 Å². The number of allylic oxidation sites excluding steroid dienone is 16. The van der Waals surface area contributed by atoms with E-state index in [1.807, 2.05) is 6.08 Å². The molecule has 1 atom stereocenters. The molecule has 0 amide bonds. The van der Waals surface area contributed by atoms with Crippen LogP contribution in [-0.4, -0.2) is 37.2 Å². The number of unbranched alkanes of at least 4 members (excludes halogenated alkanes) is 27. The summed E-state index contributed by atoms with van der Waals surface area (Å²) in [6, 6.07) is 0. The van der Waals surface area contributed by atoms with Gasteiger partial charge in [-0.15, -0.1) is 0 Å². The number of hydrogen-bond donors (Lipinski definition) is 0.